The summed E-state index contributed by atoms with van der Waals surface area (Å²) >= 11 is 0. The van der Waals surface area contributed by atoms with Crippen molar-refractivity contribution in [3.63, 3.8) is 0 Å². The molecule has 3 rings (SSSR count). The molecule has 0 radical (unpaired) electrons. The lowest BCUT2D eigenvalue weighted by Crippen LogP contribution is -2.15. The first kappa shape index (κ1) is 9.21. The van der Waals surface area contributed by atoms with Crippen LogP contribution in [0.1, 0.15) is 10.4 Å². The fourth-order valence-corrected chi connectivity index (χ4v) is 2.08. The highest BCUT2D eigenvalue weighted by molar-refractivity contribution is 5.91. The van der Waals surface area contributed by atoms with Crippen LogP contribution in [-0.2, 0) is 6.54 Å². The molecule has 2 heterocycles. The highest BCUT2D eigenvalue weighted by Crippen LogP contribution is 2.32. The number of hydrogen-bond donors (Lipinski definition) is 1. The first-order valence-corrected chi connectivity index (χ1v) is 5.13. The molecule has 82 valence electrons. The lowest BCUT2D eigenvalue weighted by atomic mass is 10.2. The molecule has 0 bridgehead atoms. The molecule has 5 nitrogen and oxygen atoms in total. The number of carbonyl (C=O) groups is 1. The SMILES string of the molecule is CNc1nc2cc(C=O)cc3c2n1CCO3. The fraction of sp³-hybridized carbons (Fsp3) is 0.273. The number of anilines is 1. The Labute approximate surface area is 92.0 Å². The van der Waals surface area contributed by atoms with Crippen LogP contribution in [0, 0.1) is 0 Å². The molecule has 1 aromatic carbocycles. The Bertz CT molecular complexity index is 574. The summed E-state index contributed by atoms with van der Waals surface area (Å²) in [5.74, 6) is 1.54. The molecule has 2 aromatic rings. The second-order valence-corrected chi connectivity index (χ2v) is 3.69. The van der Waals surface area contributed by atoms with Crippen LogP contribution in [0.4, 0.5) is 5.95 Å². The molecule has 0 unspecified atom stereocenters. The van der Waals surface area contributed by atoms with Gasteiger partial charge in [-0.05, 0) is 12.1 Å². The van der Waals surface area contributed by atoms with Crippen molar-refractivity contribution in [2.75, 3.05) is 19.0 Å². The maximum absolute atomic E-state index is 10.8. The Morgan fingerprint density at radius 2 is 2.44 bits per heavy atom. The molecular weight excluding hydrogens is 206 g/mol. The van der Waals surface area contributed by atoms with Gasteiger partial charge in [-0.2, -0.15) is 0 Å². The maximum Gasteiger partial charge on any atom is 0.203 e. The zero-order valence-electron chi connectivity index (χ0n) is 8.86. The van der Waals surface area contributed by atoms with Gasteiger partial charge in [0.25, 0.3) is 0 Å². The van der Waals surface area contributed by atoms with Gasteiger partial charge in [0.05, 0.1) is 12.1 Å². The van der Waals surface area contributed by atoms with E-state index in [0.717, 1.165) is 35.6 Å². The molecule has 16 heavy (non-hydrogen) atoms. The van der Waals surface area contributed by atoms with Gasteiger partial charge in [0.2, 0.25) is 5.95 Å². The van der Waals surface area contributed by atoms with Gasteiger partial charge in [0.15, 0.2) is 0 Å². The minimum atomic E-state index is 0.594. The predicted octanol–water partition coefficient (Wildman–Crippen LogP) is 1.28. The molecule has 5 heteroatoms. The van der Waals surface area contributed by atoms with Crippen molar-refractivity contribution in [2.45, 2.75) is 6.54 Å². The van der Waals surface area contributed by atoms with E-state index in [4.69, 9.17) is 4.74 Å². The molecular formula is C11H11N3O2. The van der Waals surface area contributed by atoms with Gasteiger partial charge >= 0.3 is 0 Å². The van der Waals surface area contributed by atoms with Gasteiger partial charge in [0.1, 0.15) is 24.2 Å². The molecule has 0 amide bonds. The number of rotatable bonds is 2. The van der Waals surface area contributed by atoms with Crippen molar-refractivity contribution in [1.82, 2.24) is 9.55 Å². The van der Waals surface area contributed by atoms with E-state index in [9.17, 15) is 4.79 Å². The number of hydrogen-bond acceptors (Lipinski definition) is 4. The van der Waals surface area contributed by atoms with E-state index in [-0.39, 0.29) is 0 Å². The lowest BCUT2D eigenvalue weighted by Gasteiger charge is -2.17. The number of aldehydes is 1. The average Bonchev–Trinajstić information content (AvgIpc) is 2.69. The minimum Gasteiger partial charge on any atom is -0.489 e. The van der Waals surface area contributed by atoms with Crippen LogP contribution >= 0.6 is 0 Å². The van der Waals surface area contributed by atoms with Crippen LogP contribution in [0.3, 0.4) is 0 Å². The summed E-state index contributed by atoms with van der Waals surface area (Å²) in [5.41, 5.74) is 2.35. The topological polar surface area (TPSA) is 56.2 Å². The van der Waals surface area contributed by atoms with E-state index < -0.39 is 0 Å². The van der Waals surface area contributed by atoms with Crippen molar-refractivity contribution < 1.29 is 9.53 Å². The number of benzene rings is 1. The standard InChI is InChI=1S/C11H11N3O2/c1-12-11-13-8-4-7(6-15)5-9-10(8)14(11)2-3-16-9/h4-6H,2-3H2,1H3,(H,12,13). The van der Waals surface area contributed by atoms with Crippen molar-refractivity contribution in [3.8, 4) is 5.75 Å². The summed E-state index contributed by atoms with van der Waals surface area (Å²) in [4.78, 5) is 15.2. The molecule has 1 aliphatic heterocycles. The molecule has 1 aromatic heterocycles. The molecule has 0 atom stereocenters. The van der Waals surface area contributed by atoms with E-state index in [1.165, 1.54) is 0 Å². The Morgan fingerprint density at radius 3 is 3.19 bits per heavy atom. The largest absolute Gasteiger partial charge is 0.489 e. The minimum absolute atomic E-state index is 0.594. The normalized spacial score (nSPS) is 13.6. The van der Waals surface area contributed by atoms with Crippen LogP contribution in [-0.4, -0.2) is 29.5 Å². The Hall–Kier alpha value is -2.04. The van der Waals surface area contributed by atoms with Gasteiger partial charge < -0.3 is 14.6 Å². The Morgan fingerprint density at radius 1 is 1.56 bits per heavy atom. The van der Waals surface area contributed by atoms with Gasteiger partial charge in [-0.3, -0.25) is 4.79 Å². The summed E-state index contributed by atoms with van der Waals surface area (Å²) in [6.45, 7) is 1.38. The maximum atomic E-state index is 10.8. The van der Waals surface area contributed by atoms with Crippen molar-refractivity contribution in [3.05, 3.63) is 17.7 Å². The Kier molecular flexibility index (Phi) is 1.86. The van der Waals surface area contributed by atoms with Crippen molar-refractivity contribution in [1.29, 1.82) is 0 Å². The van der Waals surface area contributed by atoms with E-state index >= 15 is 0 Å². The third-order valence-electron chi connectivity index (χ3n) is 2.76. The van der Waals surface area contributed by atoms with Gasteiger partial charge in [-0.15, -0.1) is 0 Å². The second kappa shape index (κ2) is 3.23. The highest BCUT2D eigenvalue weighted by atomic mass is 16.5. The molecule has 1 aliphatic rings. The van der Waals surface area contributed by atoms with Crippen LogP contribution in [0.15, 0.2) is 12.1 Å². The zero-order valence-corrected chi connectivity index (χ0v) is 8.86. The molecule has 1 N–H and O–H groups in total. The van der Waals surface area contributed by atoms with E-state index in [0.29, 0.717) is 12.2 Å². The summed E-state index contributed by atoms with van der Waals surface area (Å²) < 4.78 is 7.62. The van der Waals surface area contributed by atoms with Gasteiger partial charge in [-0.1, -0.05) is 0 Å². The third-order valence-corrected chi connectivity index (χ3v) is 2.76. The summed E-state index contributed by atoms with van der Waals surface area (Å²) in [6.07, 6.45) is 0.811. The van der Waals surface area contributed by atoms with E-state index in [1.807, 2.05) is 7.05 Å². The smallest absolute Gasteiger partial charge is 0.203 e. The molecule has 0 saturated carbocycles. The zero-order chi connectivity index (χ0) is 11.1. The first-order chi connectivity index (χ1) is 7.83. The number of carbonyl (C=O) groups excluding carboxylic acids is 1. The van der Waals surface area contributed by atoms with Crippen LogP contribution in [0.2, 0.25) is 0 Å². The van der Waals surface area contributed by atoms with Crippen molar-refractivity contribution >= 4 is 23.3 Å². The highest BCUT2D eigenvalue weighted by Gasteiger charge is 2.19. The summed E-state index contributed by atoms with van der Waals surface area (Å²) in [7, 11) is 1.83. The summed E-state index contributed by atoms with van der Waals surface area (Å²) in [6, 6.07) is 3.53. The first-order valence-electron chi connectivity index (χ1n) is 5.13. The monoisotopic (exact) mass is 217 g/mol. The lowest BCUT2D eigenvalue weighted by molar-refractivity contribution is 0.112. The fourth-order valence-electron chi connectivity index (χ4n) is 2.08. The number of aromatic nitrogens is 2. The van der Waals surface area contributed by atoms with Gasteiger partial charge in [0, 0.05) is 12.6 Å². The number of imidazole rings is 1. The molecule has 0 aliphatic carbocycles. The predicted molar refractivity (Wildman–Crippen MR) is 60.2 cm³/mol. The van der Waals surface area contributed by atoms with Gasteiger partial charge in [-0.25, -0.2) is 4.98 Å². The second-order valence-electron chi connectivity index (χ2n) is 3.69. The third kappa shape index (κ3) is 1.11. The van der Waals surface area contributed by atoms with E-state index in [1.54, 1.807) is 12.1 Å². The van der Waals surface area contributed by atoms with Crippen LogP contribution in [0.5, 0.6) is 5.75 Å². The quantitative estimate of drug-likeness (QED) is 0.770. The number of nitrogens with zero attached hydrogens (tertiary/aromatic N) is 2. The van der Waals surface area contributed by atoms with Crippen LogP contribution < -0.4 is 10.1 Å². The number of ether oxygens (including phenoxy) is 1. The van der Waals surface area contributed by atoms with Crippen LogP contribution in [0.25, 0.3) is 11.0 Å². The molecule has 0 saturated heterocycles. The summed E-state index contributed by atoms with van der Waals surface area (Å²) in [5, 5.41) is 3.04. The Balaban J connectivity index is 2.38. The average molecular weight is 217 g/mol. The van der Waals surface area contributed by atoms with E-state index in [2.05, 4.69) is 14.9 Å². The molecule has 0 fully saturated rings. The van der Waals surface area contributed by atoms with Crippen molar-refractivity contribution in [2.24, 2.45) is 0 Å². The molecule has 0 spiro atoms. The number of nitrogens with one attached hydrogen (secondary N) is 1.